The standard InChI is InChI=1S/C9H8O2.C5H7ClO2/c1-2-9(10)11-8-6-4-3-5-7-8;1-2-5(7)8-4-3-6/h2-7H,1H2;2H,1,3-4H2. The van der Waals surface area contributed by atoms with Crippen LogP contribution in [-0.2, 0) is 14.3 Å². The molecular weight excluding hydrogens is 268 g/mol. The molecule has 0 aliphatic heterocycles. The second kappa shape index (κ2) is 11.0. The zero-order chi connectivity index (χ0) is 14.5. The lowest BCUT2D eigenvalue weighted by Gasteiger charge is -1.98. The number of ether oxygens (including phenoxy) is 2. The Hall–Kier alpha value is -2.07. The van der Waals surface area contributed by atoms with Gasteiger partial charge in [-0.3, -0.25) is 0 Å². The third kappa shape index (κ3) is 9.62. The van der Waals surface area contributed by atoms with Gasteiger partial charge in [-0.2, -0.15) is 0 Å². The van der Waals surface area contributed by atoms with E-state index in [0.717, 1.165) is 12.2 Å². The van der Waals surface area contributed by atoms with Gasteiger partial charge in [-0.15, -0.1) is 11.6 Å². The fourth-order valence-electron chi connectivity index (χ4n) is 0.844. The van der Waals surface area contributed by atoms with Crippen LogP contribution >= 0.6 is 11.6 Å². The number of benzene rings is 1. The van der Waals surface area contributed by atoms with E-state index in [9.17, 15) is 9.59 Å². The molecule has 0 unspecified atom stereocenters. The number of hydrogen-bond donors (Lipinski definition) is 0. The van der Waals surface area contributed by atoms with E-state index < -0.39 is 11.9 Å². The summed E-state index contributed by atoms with van der Waals surface area (Å²) in [7, 11) is 0. The summed E-state index contributed by atoms with van der Waals surface area (Å²) in [6.07, 6.45) is 2.24. The van der Waals surface area contributed by atoms with Gasteiger partial charge < -0.3 is 9.47 Å². The molecular formula is C14H15ClO4. The van der Waals surface area contributed by atoms with E-state index in [1.807, 2.05) is 6.07 Å². The first-order valence-corrected chi connectivity index (χ1v) is 5.92. The molecule has 0 aliphatic carbocycles. The predicted octanol–water partition coefficient (Wildman–Crippen LogP) is 2.73. The van der Waals surface area contributed by atoms with Crippen molar-refractivity contribution in [1.29, 1.82) is 0 Å². The molecule has 0 fully saturated rings. The van der Waals surface area contributed by atoms with Crippen LogP contribution in [0.15, 0.2) is 55.6 Å². The molecule has 0 heterocycles. The van der Waals surface area contributed by atoms with Crippen LogP contribution in [0.25, 0.3) is 0 Å². The number of rotatable bonds is 5. The molecule has 0 radical (unpaired) electrons. The molecule has 5 heteroatoms. The van der Waals surface area contributed by atoms with Crippen LogP contribution in [0.4, 0.5) is 0 Å². The number of hydrogen-bond acceptors (Lipinski definition) is 4. The maximum atomic E-state index is 10.6. The van der Waals surface area contributed by atoms with Crippen molar-refractivity contribution in [1.82, 2.24) is 0 Å². The minimum absolute atomic E-state index is 0.256. The van der Waals surface area contributed by atoms with Crippen molar-refractivity contribution in [3.63, 3.8) is 0 Å². The van der Waals surface area contributed by atoms with Crippen molar-refractivity contribution in [3.05, 3.63) is 55.6 Å². The second-order valence-corrected chi connectivity index (χ2v) is 3.38. The number of carbonyl (C=O) groups excluding carboxylic acids is 2. The molecule has 0 aliphatic rings. The lowest BCUT2D eigenvalue weighted by atomic mass is 10.3. The van der Waals surface area contributed by atoms with Crippen LogP contribution < -0.4 is 4.74 Å². The molecule has 1 aromatic carbocycles. The lowest BCUT2D eigenvalue weighted by Crippen LogP contribution is -2.02. The van der Waals surface area contributed by atoms with Gasteiger partial charge in [0.1, 0.15) is 12.4 Å². The van der Waals surface area contributed by atoms with Gasteiger partial charge in [0, 0.05) is 12.2 Å². The van der Waals surface area contributed by atoms with Gasteiger partial charge in [0.15, 0.2) is 0 Å². The van der Waals surface area contributed by atoms with Crippen LogP contribution in [0.5, 0.6) is 5.75 Å². The Bertz CT molecular complexity index is 415. The van der Waals surface area contributed by atoms with Crippen molar-refractivity contribution >= 4 is 23.5 Å². The first-order valence-electron chi connectivity index (χ1n) is 5.38. The van der Waals surface area contributed by atoms with E-state index >= 15 is 0 Å². The summed E-state index contributed by atoms with van der Waals surface area (Å²) >= 11 is 5.19. The quantitative estimate of drug-likeness (QED) is 0.361. The Morgan fingerprint density at radius 1 is 1.11 bits per heavy atom. The average Bonchev–Trinajstić information content (AvgIpc) is 2.46. The van der Waals surface area contributed by atoms with Crippen LogP contribution in [0.3, 0.4) is 0 Å². The van der Waals surface area contributed by atoms with Crippen molar-refractivity contribution < 1.29 is 19.1 Å². The molecule has 0 atom stereocenters. The zero-order valence-corrected chi connectivity index (χ0v) is 11.1. The summed E-state index contributed by atoms with van der Waals surface area (Å²) in [4.78, 5) is 20.8. The summed E-state index contributed by atoms with van der Waals surface area (Å²) in [6, 6.07) is 8.87. The maximum absolute atomic E-state index is 10.6. The minimum atomic E-state index is -0.434. The third-order valence-electron chi connectivity index (χ3n) is 1.62. The zero-order valence-electron chi connectivity index (χ0n) is 10.4. The monoisotopic (exact) mass is 282 g/mol. The Balaban J connectivity index is 0.000000362. The summed E-state index contributed by atoms with van der Waals surface area (Å²) in [5.41, 5.74) is 0. The van der Waals surface area contributed by atoms with Crippen molar-refractivity contribution in [2.75, 3.05) is 12.5 Å². The topological polar surface area (TPSA) is 52.6 Å². The molecule has 0 saturated carbocycles. The molecule has 0 spiro atoms. The van der Waals surface area contributed by atoms with Crippen LogP contribution in [0.2, 0.25) is 0 Å². The van der Waals surface area contributed by atoms with Gasteiger partial charge in [-0.1, -0.05) is 31.4 Å². The normalized spacial score (nSPS) is 8.47. The summed E-state index contributed by atoms with van der Waals surface area (Å²) in [5, 5.41) is 0. The van der Waals surface area contributed by atoms with Crippen molar-refractivity contribution in [3.8, 4) is 5.75 Å². The van der Waals surface area contributed by atoms with Crippen molar-refractivity contribution in [2.24, 2.45) is 0 Å². The molecule has 0 aromatic heterocycles. The maximum Gasteiger partial charge on any atom is 0.335 e. The molecule has 0 saturated heterocycles. The average molecular weight is 283 g/mol. The van der Waals surface area contributed by atoms with E-state index in [4.69, 9.17) is 16.3 Å². The molecule has 0 N–H and O–H groups in total. The molecule has 0 amide bonds. The van der Waals surface area contributed by atoms with Gasteiger partial charge in [0.2, 0.25) is 0 Å². The van der Waals surface area contributed by atoms with Gasteiger partial charge in [0.05, 0.1) is 5.88 Å². The van der Waals surface area contributed by atoms with E-state index in [1.165, 1.54) is 0 Å². The first-order chi connectivity index (χ1) is 9.13. The van der Waals surface area contributed by atoms with Gasteiger partial charge >= 0.3 is 11.9 Å². The number of alkyl halides is 1. The van der Waals surface area contributed by atoms with Crippen LogP contribution in [0, 0.1) is 0 Å². The highest BCUT2D eigenvalue weighted by molar-refractivity contribution is 6.18. The van der Waals surface area contributed by atoms with Gasteiger partial charge in [-0.05, 0) is 12.1 Å². The number of carbonyl (C=O) groups is 2. The molecule has 4 nitrogen and oxygen atoms in total. The smallest absolute Gasteiger partial charge is 0.335 e. The van der Waals surface area contributed by atoms with Crippen LogP contribution in [-0.4, -0.2) is 24.4 Å². The second-order valence-electron chi connectivity index (χ2n) is 3.00. The Morgan fingerprint density at radius 2 is 1.68 bits per heavy atom. The Labute approximate surface area is 117 Å². The predicted molar refractivity (Wildman–Crippen MR) is 74.2 cm³/mol. The SMILES string of the molecule is C=CC(=O)OCCCl.C=CC(=O)Oc1ccccc1. The summed E-state index contributed by atoms with van der Waals surface area (Å²) < 4.78 is 9.26. The highest BCUT2D eigenvalue weighted by Crippen LogP contribution is 2.07. The lowest BCUT2D eigenvalue weighted by molar-refractivity contribution is -0.137. The fraction of sp³-hybridized carbons (Fsp3) is 0.143. The van der Waals surface area contributed by atoms with Gasteiger partial charge in [-0.25, -0.2) is 9.59 Å². The van der Waals surface area contributed by atoms with E-state index in [2.05, 4.69) is 17.9 Å². The largest absolute Gasteiger partial charge is 0.461 e. The van der Waals surface area contributed by atoms with Gasteiger partial charge in [0.25, 0.3) is 0 Å². The number of halogens is 1. The first kappa shape index (κ1) is 16.9. The number of para-hydroxylation sites is 1. The Morgan fingerprint density at radius 3 is 2.16 bits per heavy atom. The van der Waals surface area contributed by atoms with E-state index in [1.54, 1.807) is 24.3 Å². The summed E-state index contributed by atoms with van der Waals surface area (Å²) in [5.74, 6) is 0.0128. The third-order valence-corrected chi connectivity index (χ3v) is 1.77. The molecule has 19 heavy (non-hydrogen) atoms. The van der Waals surface area contributed by atoms with E-state index in [-0.39, 0.29) is 6.61 Å². The molecule has 0 bridgehead atoms. The minimum Gasteiger partial charge on any atom is -0.461 e. The molecule has 1 rings (SSSR count). The number of esters is 2. The molecule has 102 valence electrons. The van der Waals surface area contributed by atoms with Crippen LogP contribution in [0.1, 0.15) is 0 Å². The Kier molecular flexibility index (Phi) is 9.84. The molecule has 1 aromatic rings. The van der Waals surface area contributed by atoms with Crippen molar-refractivity contribution in [2.45, 2.75) is 0 Å². The van der Waals surface area contributed by atoms with E-state index in [0.29, 0.717) is 11.6 Å². The summed E-state index contributed by atoms with van der Waals surface area (Å²) in [6.45, 7) is 6.73. The highest BCUT2D eigenvalue weighted by atomic mass is 35.5. The highest BCUT2D eigenvalue weighted by Gasteiger charge is 1.95. The fourth-order valence-corrected chi connectivity index (χ4v) is 0.922.